The van der Waals surface area contributed by atoms with Crippen LogP contribution in [-0.4, -0.2) is 22.6 Å². The van der Waals surface area contributed by atoms with Gasteiger partial charge in [0.1, 0.15) is 16.8 Å². The van der Waals surface area contributed by atoms with Crippen LogP contribution in [0.4, 0.5) is 11.4 Å². The van der Waals surface area contributed by atoms with Crippen LogP contribution in [-0.2, 0) is 4.74 Å². The topological polar surface area (TPSA) is 124 Å². The van der Waals surface area contributed by atoms with Crippen LogP contribution in [0.1, 0.15) is 16.1 Å². The number of anilines is 1. The lowest BCUT2D eigenvalue weighted by molar-refractivity contribution is -0.384. The smallest absolute Gasteiger partial charge is 0.357 e. The van der Waals surface area contributed by atoms with Crippen molar-refractivity contribution in [2.24, 2.45) is 0 Å². The number of benzene rings is 1. The summed E-state index contributed by atoms with van der Waals surface area (Å²) in [7, 11) is 1.14. The minimum absolute atomic E-state index is 0.00493. The van der Waals surface area contributed by atoms with Gasteiger partial charge in [-0.3, -0.25) is 10.1 Å². The third-order valence-corrected chi connectivity index (χ3v) is 3.26. The van der Waals surface area contributed by atoms with Gasteiger partial charge in [-0.2, -0.15) is 5.26 Å². The highest BCUT2D eigenvalue weighted by Crippen LogP contribution is 2.34. The molecule has 0 aliphatic carbocycles. The average Bonchev–Trinajstić information content (AvgIpc) is 2.82. The molecule has 0 aliphatic rings. The monoisotopic (exact) mass is 320 g/mol. The molecule has 2 aromatic rings. The summed E-state index contributed by atoms with van der Waals surface area (Å²) < 4.78 is 5.74. The molecule has 0 amide bonds. The number of nitro groups is 1. The number of nitrogens with two attached hydrogens (primary N) is 1. The van der Waals surface area contributed by atoms with Crippen molar-refractivity contribution >= 4 is 28.9 Å². The molecule has 0 spiro atoms. The predicted molar refractivity (Wildman–Crippen MR) is 77.9 cm³/mol. The number of methoxy groups -OCH3 is 1. The SMILES string of the molecule is COC(=O)c1c(N)c(C#N)cn1-c1cccc(Cl)c1[N+](=O)[O-]. The Balaban J connectivity index is 2.85. The van der Waals surface area contributed by atoms with Crippen LogP contribution in [0.2, 0.25) is 5.02 Å². The van der Waals surface area contributed by atoms with E-state index in [2.05, 4.69) is 4.74 Å². The summed E-state index contributed by atoms with van der Waals surface area (Å²) in [6.07, 6.45) is 1.22. The number of carbonyl (C=O) groups is 1. The molecule has 1 heterocycles. The van der Waals surface area contributed by atoms with Crippen LogP contribution >= 0.6 is 11.6 Å². The van der Waals surface area contributed by atoms with Gasteiger partial charge in [0.15, 0.2) is 5.69 Å². The highest BCUT2D eigenvalue weighted by atomic mass is 35.5. The van der Waals surface area contributed by atoms with Gasteiger partial charge >= 0.3 is 11.7 Å². The molecular weight excluding hydrogens is 312 g/mol. The second-order valence-electron chi connectivity index (χ2n) is 4.14. The van der Waals surface area contributed by atoms with Gasteiger partial charge in [0.25, 0.3) is 0 Å². The summed E-state index contributed by atoms with van der Waals surface area (Å²) in [6.45, 7) is 0. The van der Waals surface area contributed by atoms with Gasteiger partial charge in [0, 0.05) is 6.20 Å². The highest BCUT2D eigenvalue weighted by Gasteiger charge is 2.27. The molecule has 0 aliphatic heterocycles. The summed E-state index contributed by atoms with van der Waals surface area (Å²) in [4.78, 5) is 22.4. The molecule has 0 unspecified atom stereocenters. The van der Waals surface area contributed by atoms with E-state index in [9.17, 15) is 14.9 Å². The Labute approximate surface area is 129 Å². The van der Waals surface area contributed by atoms with E-state index in [0.717, 1.165) is 11.7 Å². The molecule has 2 N–H and O–H groups in total. The van der Waals surface area contributed by atoms with Crippen molar-refractivity contribution in [3.8, 4) is 11.8 Å². The van der Waals surface area contributed by atoms with Crippen molar-refractivity contribution in [1.82, 2.24) is 4.57 Å². The Morgan fingerprint density at radius 1 is 1.55 bits per heavy atom. The second kappa shape index (κ2) is 5.75. The van der Waals surface area contributed by atoms with E-state index in [0.29, 0.717) is 0 Å². The number of nitriles is 1. The Kier molecular flexibility index (Phi) is 4.01. The maximum Gasteiger partial charge on any atom is 0.357 e. The first-order valence-corrected chi connectivity index (χ1v) is 6.22. The molecule has 1 aromatic heterocycles. The average molecular weight is 321 g/mol. The van der Waals surface area contributed by atoms with Crippen LogP contribution in [0.3, 0.4) is 0 Å². The van der Waals surface area contributed by atoms with Crippen LogP contribution < -0.4 is 5.73 Å². The fourth-order valence-corrected chi connectivity index (χ4v) is 2.22. The summed E-state index contributed by atoms with van der Waals surface area (Å²) in [5.41, 5.74) is 5.04. The maximum atomic E-state index is 11.9. The van der Waals surface area contributed by atoms with Gasteiger partial charge < -0.3 is 15.0 Å². The Hall–Kier alpha value is -3.05. The minimum atomic E-state index is -0.826. The molecule has 0 saturated carbocycles. The van der Waals surface area contributed by atoms with Crippen molar-refractivity contribution in [1.29, 1.82) is 5.26 Å². The fraction of sp³-hybridized carbons (Fsp3) is 0.0769. The van der Waals surface area contributed by atoms with Gasteiger partial charge in [-0.1, -0.05) is 17.7 Å². The number of rotatable bonds is 3. The number of esters is 1. The number of hydrogen-bond donors (Lipinski definition) is 1. The molecule has 0 saturated heterocycles. The van der Waals surface area contributed by atoms with E-state index < -0.39 is 16.6 Å². The summed E-state index contributed by atoms with van der Waals surface area (Å²) in [5, 5.41) is 20.2. The molecule has 112 valence electrons. The maximum absolute atomic E-state index is 11.9. The standard InChI is InChI=1S/C13H9ClN4O4/c1-22-13(19)12-10(16)7(5-15)6-17(12)9-4-2-3-8(14)11(9)18(20)21/h2-4,6H,16H2,1H3. The number of carbonyl (C=O) groups excluding carboxylic acids is 1. The summed E-state index contributed by atoms with van der Waals surface area (Å²) >= 11 is 5.85. The van der Waals surface area contributed by atoms with Crippen molar-refractivity contribution < 1.29 is 14.5 Å². The van der Waals surface area contributed by atoms with E-state index in [-0.39, 0.29) is 27.7 Å². The fourth-order valence-electron chi connectivity index (χ4n) is 1.98. The lowest BCUT2D eigenvalue weighted by Gasteiger charge is -2.09. The zero-order chi connectivity index (χ0) is 16.4. The van der Waals surface area contributed by atoms with E-state index >= 15 is 0 Å². The van der Waals surface area contributed by atoms with Gasteiger partial charge in [-0.15, -0.1) is 0 Å². The Morgan fingerprint density at radius 2 is 2.23 bits per heavy atom. The quantitative estimate of drug-likeness (QED) is 0.525. The molecular formula is C13H9ClN4O4. The van der Waals surface area contributed by atoms with Gasteiger partial charge in [0.2, 0.25) is 0 Å². The van der Waals surface area contributed by atoms with E-state index in [4.69, 9.17) is 22.6 Å². The first-order valence-electron chi connectivity index (χ1n) is 5.84. The molecule has 0 bridgehead atoms. The van der Waals surface area contributed by atoms with E-state index in [1.807, 2.05) is 6.07 Å². The lowest BCUT2D eigenvalue weighted by Crippen LogP contribution is -2.12. The van der Waals surface area contributed by atoms with Crippen molar-refractivity contribution in [2.45, 2.75) is 0 Å². The van der Waals surface area contributed by atoms with Crippen molar-refractivity contribution in [3.05, 3.63) is 50.8 Å². The lowest BCUT2D eigenvalue weighted by atomic mass is 10.2. The number of hydrogen-bond acceptors (Lipinski definition) is 6. The predicted octanol–water partition coefficient (Wildman–Crippen LogP) is 2.28. The molecule has 2 rings (SSSR count). The largest absolute Gasteiger partial charge is 0.464 e. The summed E-state index contributed by atoms with van der Waals surface area (Å²) in [5.74, 6) is -0.826. The third kappa shape index (κ3) is 2.34. The van der Waals surface area contributed by atoms with Crippen molar-refractivity contribution in [3.63, 3.8) is 0 Å². The molecule has 22 heavy (non-hydrogen) atoms. The zero-order valence-electron chi connectivity index (χ0n) is 11.2. The molecule has 8 nitrogen and oxygen atoms in total. The number of aromatic nitrogens is 1. The van der Waals surface area contributed by atoms with Crippen LogP contribution in [0.25, 0.3) is 5.69 Å². The van der Waals surface area contributed by atoms with E-state index in [1.54, 1.807) is 0 Å². The molecule has 0 radical (unpaired) electrons. The minimum Gasteiger partial charge on any atom is -0.464 e. The number of nitrogen functional groups attached to an aromatic ring is 1. The molecule has 0 atom stereocenters. The highest BCUT2D eigenvalue weighted by molar-refractivity contribution is 6.33. The van der Waals surface area contributed by atoms with Crippen molar-refractivity contribution in [2.75, 3.05) is 12.8 Å². The van der Waals surface area contributed by atoms with Crippen LogP contribution in [0, 0.1) is 21.4 Å². The number of ether oxygens (including phenoxy) is 1. The summed E-state index contributed by atoms with van der Waals surface area (Å²) in [6, 6.07) is 6.02. The normalized spacial score (nSPS) is 10.0. The van der Waals surface area contributed by atoms with Gasteiger partial charge in [0.05, 0.1) is 23.3 Å². The number of nitrogens with zero attached hydrogens (tertiary/aromatic N) is 3. The number of nitro benzene ring substituents is 1. The zero-order valence-corrected chi connectivity index (χ0v) is 12.0. The number of para-hydroxylation sites is 1. The van der Waals surface area contributed by atoms with Gasteiger partial charge in [-0.05, 0) is 12.1 Å². The van der Waals surface area contributed by atoms with Crippen LogP contribution in [0.5, 0.6) is 0 Å². The Morgan fingerprint density at radius 3 is 2.77 bits per heavy atom. The first-order chi connectivity index (χ1) is 10.4. The third-order valence-electron chi connectivity index (χ3n) is 2.95. The molecule has 9 heteroatoms. The Bertz CT molecular complexity index is 822. The molecule has 0 fully saturated rings. The van der Waals surface area contributed by atoms with Gasteiger partial charge in [-0.25, -0.2) is 4.79 Å². The number of halogens is 1. The van der Waals surface area contributed by atoms with Crippen LogP contribution in [0.15, 0.2) is 24.4 Å². The van der Waals surface area contributed by atoms with E-state index in [1.165, 1.54) is 24.4 Å². The molecule has 1 aromatic carbocycles. The first kappa shape index (κ1) is 15.3. The second-order valence-corrected chi connectivity index (χ2v) is 4.55.